The summed E-state index contributed by atoms with van der Waals surface area (Å²) >= 11 is 0. The quantitative estimate of drug-likeness (QED) is 0.588. The van der Waals surface area contributed by atoms with Gasteiger partial charge in [0.15, 0.2) is 0 Å². The van der Waals surface area contributed by atoms with Crippen LogP contribution >= 0.6 is 0 Å². The summed E-state index contributed by atoms with van der Waals surface area (Å²) in [5.74, 6) is 0.501. The van der Waals surface area contributed by atoms with Crippen LogP contribution in [0.25, 0.3) is 0 Å². The summed E-state index contributed by atoms with van der Waals surface area (Å²) in [5, 5.41) is 17.0. The minimum Gasteiger partial charge on any atom is -0.494 e. The predicted molar refractivity (Wildman–Crippen MR) is 59.9 cm³/mol. The van der Waals surface area contributed by atoms with Crippen LogP contribution in [0.4, 0.5) is 11.4 Å². The number of ether oxygens (including phenoxy) is 1. The summed E-state index contributed by atoms with van der Waals surface area (Å²) < 4.78 is 5.12. The molecule has 0 unspecified atom stereocenters. The minimum absolute atomic E-state index is 0.0362. The molecule has 2 rings (SSSR count). The second-order valence-corrected chi connectivity index (χ2v) is 3.64. The number of nitro benzene ring substituents is 1. The molecule has 1 fully saturated rings. The third-order valence-corrected chi connectivity index (χ3v) is 2.54. The molecule has 2 N–H and O–H groups in total. The summed E-state index contributed by atoms with van der Waals surface area (Å²) in [6.07, 6.45) is 0. The molecule has 16 heavy (non-hydrogen) atoms. The van der Waals surface area contributed by atoms with Crippen molar-refractivity contribution in [2.45, 2.75) is 6.04 Å². The molecule has 0 aliphatic carbocycles. The third kappa shape index (κ3) is 2.06. The number of nitrogens with one attached hydrogen (secondary N) is 2. The molecule has 0 aromatic heterocycles. The predicted octanol–water partition coefficient (Wildman–Crippen LogP) is 0.987. The number of hydrogen-bond donors (Lipinski definition) is 2. The van der Waals surface area contributed by atoms with E-state index in [4.69, 9.17) is 4.74 Å². The molecule has 0 amide bonds. The maximum absolute atomic E-state index is 10.6. The fourth-order valence-corrected chi connectivity index (χ4v) is 1.52. The minimum atomic E-state index is -0.433. The van der Waals surface area contributed by atoms with Gasteiger partial charge in [-0.1, -0.05) is 0 Å². The highest BCUT2D eigenvalue weighted by atomic mass is 16.6. The number of methoxy groups -OCH3 is 1. The van der Waals surface area contributed by atoms with Gasteiger partial charge in [-0.3, -0.25) is 10.1 Å². The van der Waals surface area contributed by atoms with E-state index in [9.17, 15) is 10.1 Å². The van der Waals surface area contributed by atoms with Crippen molar-refractivity contribution in [1.29, 1.82) is 0 Å². The number of rotatable bonds is 4. The summed E-state index contributed by atoms with van der Waals surface area (Å²) in [4.78, 5) is 10.2. The van der Waals surface area contributed by atoms with E-state index in [1.165, 1.54) is 19.2 Å². The molecule has 1 aliphatic rings. The highest BCUT2D eigenvalue weighted by Gasteiger charge is 2.19. The summed E-state index contributed by atoms with van der Waals surface area (Å²) in [5.41, 5.74) is 0.828. The van der Waals surface area contributed by atoms with Crippen molar-refractivity contribution in [1.82, 2.24) is 5.32 Å². The van der Waals surface area contributed by atoms with E-state index in [1.807, 2.05) is 0 Å². The third-order valence-electron chi connectivity index (χ3n) is 2.54. The Morgan fingerprint density at radius 1 is 1.56 bits per heavy atom. The van der Waals surface area contributed by atoms with Crippen LogP contribution in [0.15, 0.2) is 18.2 Å². The van der Waals surface area contributed by atoms with Crippen molar-refractivity contribution in [2.75, 3.05) is 25.5 Å². The second-order valence-electron chi connectivity index (χ2n) is 3.64. The number of benzene rings is 1. The monoisotopic (exact) mass is 223 g/mol. The molecule has 0 saturated carbocycles. The van der Waals surface area contributed by atoms with Gasteiger partial charge in [0.2, 0.25) is 0 Å². The molecule has 1 heterocycles. The second kappa shape index (κ2) is 4.36. The van der Waals surface area contributed by atoms with Crippen molar-refractivity contribution in [3.8, 4) is 5.75 Å². The normalized spacial score (nSPS) is 15.3. The number of anilines is 1. The first-order valence-electron chi connectivity index (χ1n) is 5.00. The van der Waals surface area contributed by atoms with E-state index in [0.29, 0.717) is 11.8 Å². The fraction of sp³-hybridized carbons (Fsp3) is 0.400. The molecule has 0 radical (unpaired) electrons. The largest absolute Gasteiger partial charge is 0.494 e. The van der Waals surface area contributed by atoms with Crippen molar-refractivity contribution in [3.05, 3.63) is 28.3 Å². The van der Waals surface area contributed by atoms with E-state index in [1.54, 1.807) is 6.07 Å². The molecule has 0 atom stereocenters. The van der Waals surface area contributed by atoms with Crippen LogP contribution in [0.5, 0.6) is 5.75 Å². The Morgan fingerprint density at radius 3 is 2.81 bits per heavy atom. The van der Waals surface area contributed by atoms with Crippen LogP contribution in [0.3, 0.4) is 0 Å². The van der Waals surface area contributed by atoms with Gasteiger partial charge in [-0.2, -0.15) is 0 Å². The first-order valence-corrected chi connectivity index (χ1v) is 5.00. The number of hydrogen-bond acceptors (Lipinski definition) is 5. The molecule has 6 nitrogen and oxygen atoms in total. The molecule has 0 bridgehead atoms. The summed E-state index contributed by atoms with van der Waals surface area (Å²) in [7, 11) is 1.50. The fourth-order valence-electron chi connectivity index (χ4n) is 1.52. The Balaban J connectivity index is 2.19. The van der Waals surface area contributed by atoms with E-state index in [0.717, 1.165) is 18.8 Å². The Labute approximate surface area is 92.8 Å². The van der Waals surface area contributed by atoms with Gasteiger partial charge in [0.1, 0.15) is 5.75 Å². The van der Waals surface area contributed by atoms with Crippen LogP contribution in [-0.2, 0) is 0 Å². The Morgan fingerprint density at radius 2 is 2.31 bits per heavy atom. The topological polar surface area (TPSA) is 76.4 Å². The molecule has 1 saturated heterocycles. The Kier molecular flexibility index (Phi) is 2.91. The molecule has 1 aliphatic heterocycles. The van der Waals surface area contributed by atoms with Gasteiger partial charge < -0.3 is 15.4 Å². The molecule has 86 valence electrons. The van der Waals surface area contributed by atoms with E-state index in [2.05, 4.69) is 10.6 Å². The van der Waals surface area contributed by atoms with Crippen molar-refractivity contribution < 1.29 is 9.66 Å². The van der Waals surface area contributed by atoms with E-state index < -0.39 is 4.92 Å². The van der Waals surface area contributed by atoms with E-state index in [-0.39, 0.29) is 5.69 Å². The highest BCUT2D eigenvalue weighted by molar-refractivity contribution is 5.61. The van der Waals surface area contributed by atoms with E-state index >= 15 is 0 Å². The lowest BCUT2D eigenvalue weighted by atomic mass is 10.1. The first kappa shape index (κ1) is 10.7. The lowest BCUT2D eigenvalue weighted by molar-refractivity contribution is -0.384. The maximum atomic E-state index is 10.6. The Bertz CT molecular complexity index is 404. The molecular weight excluding hydrogens is 210 g/mol. The standard InChI is InChI=1S/C10H13N3O3/c1-16-10-4-8(13(14)15)2-3-9(10)12-7-5-11-6-7/h2-4,7,11-12H,5-6H2,1H3. The molecule has 1 aromatic carbocycles. The van der Waals surface area contributed by atoms with Crippen molar-refractivity contribution in [2.24, 2.45) is 0 Å². The first-order chi connectivity index (χ1) is 7.70. The zero-order valence-corrected chi connectivity index (χ0v) is 8.90. The zero-order chi connectivity index (χ0) is 11.5. The van der Waals surface area contributed by atoms with Crippen LogP contribution in [0.1, 0.15) is 0 Å². The number of nitrogens with zero attached hydrogens (tertiary/aromatic N) is 1. The lowest BCUT2D eigenvalue weighted by Gasteiger charge is -2.29. The van der Waals surface area contributed by atoms with Gasteiger partial charge in [0.25, 0.3) is 5.69 Å². The van der Waals surface area contributed by atoms with Crippen LogP contribution in [-0.4, -0.2) is 31.2 Å². The summed E-state index contributed by atoms with van der Waals surface area (Å²) in [6, 6.07) is 4.94. The lowest BCUT2D eigenvalue weighted by Crippen LogP contribution is -2.51. The SMILES string of the molecule is COc1cc([N+](=O)[O-])ccc1NC1CNC1. The van der Waals surface area contributed by atoms with Crippen LogP contribution in [0.2, 0.25) is 0 Å². The van der Waals surface area contributed by atoms with Gasteiger partial charge in [-0.05, 0) is 6.07 Å². The van der Waals surface area contributed by atoms with Crippen LogP contribution in [0, 0.1) is 10.1 Å². The van der Waals surface area contributed by atoms with Crippen molar-refractivity contribution >= 4 is 11.4 Å². The van der Waals surface area contributed by atoms with Gasteiger partial charge in [-0.15, -0.1) is 0 Å². The van der Waals surface area contributed by atoms with Crippen LogP contribution < -0.4 is 15.4 Å². The summed E-state index contributed by atoms with van der Waals surface area (Å²) in [6.45, 7) is 1.81. The number of non-ortho nitro benzene ring substituents is 1. The average molecular weight is 223 g/mol. The van der Waals surface area contributed by atoms with Gasteiger partial charge in [0, 0.05) is 19.2 Å². The average Bonchev–Trinajstić information content (AvgIpc) is 2.23. The van der Waals surface area contributed by atoms with Gasteiger partial charge >= 0.3 is 0 Å². The number of nitro groups is 1. The molecule has 1 aromatic rings. The van der Waals surface area contributed by atoms with Crippen molar-refractivity contribution in [3.63, 3.8) is 0 Å². The smallest absolute Gasteiger partial charge is 0.273 e. The molecular formula is C10H13N3O3. The van der Waals surface area contributed by atoms with Gasteiger partial charge in [0.05, 0.1) is 29.8 Å². The highest BCUT2D eigenvalue weighted by Crippen LogP contribution is 2.29. The molecule has 0 spiro atoms. The van der Waals surface area contributed by atoms with Gasteiger partial charge in [-0.25, -0.2) is 0 Å². The maximum Gasteiger partial charge on any atom is 0.273 e. The zero-order valence-electron chi connectivity index (χ0n) is 8.90. The molecule has 6 heteroatoms. The Hall–Kier alpha value is -1.82.